The predicted molar refractivity (Wildman–Crippen MR) is 65.0 cm³/mol. The summed E-state index contributed by atoms with van der Waals surface area (Å²) in [6.45, 7) is 4.48. The van der Waals surface area contributed by atoms with E-state index in [1.807, 2.05) is 18.2 Å². The molecule has 0 aliphatic carbocycles. The summed E-state index contributed by atoms with van der Waals surface area (Å²) >= 11 is 0. The highest BCUT2D eigenvalue weighted by Crippen LogP contribution is 2.34. The van der Waals surface area contributed by atoms with Crippen LogP contribution in [-0.2, 0) is 0 Å². The van der Waals surface area contributed by atoms with E-state index in [1.165, 1.54) is 0 Å². The maximum atomic E-state index is 9.06. The molecule has 0 amide bonds. The summed E-state index contributed by atoms with van der Waals surface area (Å²) in [4.78, 5) is 0. The van der Waals surface area contributed by atoms with Crippen LogP contribution in [0.3, 0.4) is 0 Å². The van der Waals surface area contributed by atoms with Crippen LogP contribution in [0.5, 0.6) is 11.5 Å². The number of fused-ring (bicyclic) bond motifs is 1. The highest BCUT2D eigenvalue weighted by molar-refractivity contribution is 5.56. The van der Waals surface area contributed by atoms with E-state index >= 15 is 0 Å². The molecule has 0 saturated heterocycles. The molecule has 2 rings (SSSR count). The summed E-state index contributed by atoms with van der Waals surface area (Å²) in [6.07, 6.45) is 0.824. The van der Waals surface area contributed by atoms with E-state index in [0.717, 1.165) is 23.6 Å². The molecule has 1 aromatic rings. The van der Waals surface area contributed by atoms with Crippen molar-refractivity contribution in [2.24, 2.45) is 5.92 Å². The highest BCUT2D eigenvalue weighted by atomic mass is 16.7. The lowest BCUT2D eigenvalue weighted by Gasteiger charge is -2.15. The first-order valence-corrected chi connectivity index (χ1v) is 5.75. The van der Waals surface area contributed by atoms with Gasteiger partial charge in [-0.15, -0.1) is 0 Å². The second-order valence-corrected chi connectivity index (χ2v) is 4.52. The molecule has 1 unspecified atom stereocenters. The first kappa shape index (κ1) is 11.6. The van der Waals surface area contributed by atoms with Crippen molar-refractivity contribution in [3.63, 3.8) is 0 Å². The van der Waals surface area contributed by atoms with Crippen LogP contribution in [0.15, 0.2) is 18.2 Å². The summed E-state index contributed by atoms with van der Waals surface area (Å²) in [7, 11) is 0. The molecule has 0 spiro atoms. The molecule has 0 bridgehead atoms. The third-order valence-electron chi connectivity index (χ3n) is 2.58. The van der Waals surface area contributed by atoms with Crippen LogP contribution in [-0.4, -0.2) is 12.8 Å². The highest BCUT2D eigenvalue weighted by Gasteiger charge is 2.15. The quantitative estimate of drug-likeness (QED) is 0.867. The van der Waals surface area contributed by atoms with Gasteiger partial charge in [0, 0.05) is 11.8 Å². The lowest BCUT2D eigenvalue weighted by Crippen LogP contribution is -2.19. The average Bonchev–Trinajstić information content (AvgIpc) is 2.74. The molecule has 17 heavy (non-hydrogen) atoms. The summed E-state index contributed by atoms with van der Waals surface area (Å²) in [5, 5.41) is 12.3. The number of anilines is 1. The van der Waals surface area contributed by atoms with Crippen molar-refractivity contribution in [1.29, 1.82) is 5.26 Å². The van der Waals surface area contributed by atoms with E-state index < -0.39 is 0 Å². The van der Waals surface area contributed by atoms with Gasteiger partial charge in [-0.1, -0.05) is 13.8 Å². The zero-order chi connectivity index (χ0) is 12.3. The topological polar surface area (TPSA) is 54.3 Å². The van der Waals surface area contributed by atoms with Gasteiger partial charge in [0.15, 0.2) is 11.5 Å². The number of nitrogens with zero attached hydrogens (tertiary/aromatic N) is 1. The molecular weight excluding hydrogens is 216 g/mol. The molecule has 0 saturated carbocycles. The number of benzene rings is 1. The van der Waals surface area contributed by atoms with Crippen LogP contribution < -0.4 is 14.8 Å². The van der Waals surface area contributed by atoms with Gasteiger partial charge in [0.25, 0.3) is 0 Å². The third kappa shape index (κ3) is 2.82. The van der Waals surface area contributed by atoms with E-state index in [4.69, 9.17) is 14.7 Å². The maximum absolute atomic E-state index is 9.06. The first-order chi connectivity index (χ1) is 8.19. The molecule has 4 nitrogen and oxygen atoms in total. The average molecular weight is 232 g/mol. The Balaban J connectivity index is 2.05. The molecular formula is C13H16N2O2. The van der Waals surface area contributed by atoms with Gasteiger partial charge < -0.3 is 14.8 Å². The number of hydrogen-bond donors (Lipinski definition) is 1. The van der Waals surface area contributed by atoms with Crippen molar-refractivity contribution in [2.45, 2.75) is 26.3 Å². The van der Waals surface area contributed by atoms with Crippen LogP contribution in [0, 0.1) is 17.2 Å². The number of ether oxygens (including phenoxy) is 2. The van der Waals surface area contributed by atoms with Crippen molar-refractivity contribution >= 4 is 5.69 Å². The Morgan fingerprint density at radius 3 is 2.82 bits per heavy atom. The zero-order valence-electron chi connectivity index (χ0n) is 10.1. The van der Waals surface area contributed by atoms with E-state index in [-0.39, 0.29) is 12.8 Å². The van der Waals surface area contributed by atoms with E-state index in [0.29, 0.717) is 5.92 Å². The van der Waals surface area contributed by atoms with Crippen molar-refractivity contribution in [2.75, 3.05) is 12.1 Å². The Hall–Kier alpha value is -1.89. The molecule has 0 radical (unpaired) electrons. The van der Waals surface area contributed by atoms with Crippen LogP contribution >= 0.6 is 0 Å². The Kier molecular flexibility index (Phi) is 3.38. The molecule has 1 aromatic carbocycles. The Labute approximate surface area is 101 Å². The standard InChI is InChI=1S/C13H16N2O2/c1-9(2)5-11(7-14)15-10-3-4-12-13(6-10)17-8-16-12/h3-4,6,9,11,15H,5,8H2,1-2H3. The molecule has 0 fully saturated rings. The number of rotatable bonds is 4. The molecule has 1 atom stereocenters. The molecule has 1 heterocycles. The predicted octanol–water partition coefficient (Wildman–Crippen LogP) is 2.77. The normalized spacial score (nSPS) is 14.5. The minimum Gasteiger partial charge on any atom is -0.454 e. The fraction of sp³-hybridized carbons (Fsp3) is 0.462. The molecule has 4 heteroatoms. The van der Waals surface area contributed by atoms with Crippen molar-refractivity contribution in [3.8, 4) is 17.6 Å². The van der Waals surface area contributed by atoms with Crippen LogP contribution in [0.25, 0.3) is 0 Å². The molecule has 1 aliphatic rings. The smallest absolute Gasteiger partial charge is 0.231 e. The number of nitriles is 1. The van der Waals surface area contributed by atoms with E-state index in [2.05, 4.69) is 25.2 Å². The molecule has 0 aromatic heterocycles. The van der Waals surface area contributed by atoms with Gasteiger partial charge in [0.2, 0.25) is 6.79 Å². The van der Waals surface area contributed by atoms with Crippen LogP contribution in [0.1, 0.15) is 20.3 Å². The van der Waals surface area contributed by atoms with Gasteiger partial charge in [0.1, 0.15) is 6.04 Å². The summed E-state index contributed by atoms with van der Waals surface area (Å²) in [5.41, 5.74) is 0.890. The van der Waals surface area contributed by atoms with E-state index in [1.54, 1.807) is 0 Å². The maximum Gasteiger partial charge on any atom is 0.231 e. The third-order valence-corrected chi connectivity index (χ3v) is 2.58. The minimum atomic E-state index is -0.171. The molecule has 1 aliphatic heterocycles. The van der Waals surface area contributed by atoms with Gasteiger partial charge >= 0.3 is 0 Å². The van der Waals surface area contributed by atoms with Gasteiger partial charge in [0.05, 0.1) is 6.07 Å². The van der Waals surface area contributed by atoms with Crippen molar-refractivity contribution in [3.05, 3.63) is 18.2 Å². The van der Waals surface area contributed by atoms with Gasteiger partial charge in [-0.2, -0.15) is 5.26 Å². The second kappa shape index (κ2) is 4.96. The van der Waals surface area contributed by atoms with Gasteiger partial charge in [-0.05, 0) is 24.5 Å². The zero-order valence-corrected chi connectivity index (χ0v) is 10.1. The van der Waals surface area contributed by atoms with Crippen molar-refractivity contribution in [1.82, 2.24) is 0 Å². The van der Waals surface area contributed by atoms with Crippen LogP contribution in [0.4, 0.5) is 5.69 Å². The minimum absolute atomic E-state index is 0.171. The fourth-order valence-corrected chi connectivity index (χ4v) is 1.80. The second-order valence-electron chi connectivity index (χ2n) is 4.52. The molecule has 1 N–H and O–H groups in total. The Bertz CT molecular complexity index is 438. The summed E-state index contributed by atoms with van der Waals surface area (Å²) in [6, 6.07) is 7.72. The Morgan fingerprint density at radius 1 is 1.35 bits per heavy atom. The van der Waals surface area contributed by atoms with Gasteiger partial charge in [-0.25, -0.2) is 0 Å². The summed E-state index contributed by atoms with van der Waals surface area (Å²) < 4.78 is 10.5. The monoisotopic (exact) mass is 232 g/mol. The largest absolute Gasteiger partial charge is 0.454 e. The SMILES string of the molecule is CC(C)CC(C#N)Nc1ccc2c(c1)OCO2. The van der Waals surface area contributed by atoms with E-state index in [9.17, 15) is 0 Å². The Morgan fingerprint density at radius 2 is 2.12 bits per heavy atom. The first-order valence-electron chi connectivity index (χ1n) is 5.75. The molecule has 90 valence electrons. The number of nitrogens with one attached hydrogen (secondary N) is 1. The van der Waals surface area contributed by atoms with Crippen LogP contribution in [0.2, 0.25) is 0 Å². The fourth-order valence-electron chi connectivity index (χ4n) is 1.80. The van der Waals surface area contributed by atoms with Crippen molar-refractivity contribution < 1.29 is 9.47 Å². The number of hydrogen-bond acceptors (Lipinski definition) is 4. The van der Waals surface area contributed by atoms with Gasteiger partial charge in [-0.3, -0.25) is 0 Å². The lowest BCUT2D eigenvalue weighted by atomic mass is 10.0. The lowest BCUT2D eigenvalue weighted by molar-refractivity contribution is 0.174. The summed E-state index contributed by atoms with van der Waals surface area (Å²) in [5.74, 6) is 1.98.